The Balaban J connectivity index is 1.85. The molecule has 0 N–H and O–H groups in total. The standard InChI is InChI=1S/C22H22N6O2S/c1-4-10-27-19-17(21(29)26(3)22(27)30)18(20-23-9-11-25(20)2)28(24-19)12-14-13-31-16-8-6-5-7-15(14)16/h5-9,11,13H,4,10,12H2,1-3H3. The maximum Gasteiger partial charge on any atom is 0.332 e. The van der Waals surface area contributed by atoms with Gasteiger partial charge in [-0.1, -0.05) is 25.1 Å². The number of aryl methyl sites for hydroxylation is 2. The molecule has 0 saturated heterocycles. The van der Waals surface area contributed by atoms with E-state index in [9.17, 15) is 9.59 Å². The van der Waals surface area contributed by atoms with Gasteiger partial charge in [0.15, 0.2) is 11.5 Å². The summed E-state index contributed by atoms with van der Waals surface area (Å²) in [6.45, 7) is 2.96. The van der Waals surface area contributed by atoms with Gasteiger partial charge in [-0.15, -0.1) is 11.3 Å². The van der Waals surface area contributed by atoms with Gasteiger partial charge >= 0.3 is 5.69 Å². The van der Waals surface area contributed by atoms with Crippen LogP contribution in [0.25, 0.3) is 32.6 Å². The zero-order valence-electron chi connectivity index (χ0n) is 17.6. The summed E-state index contributed by atoms with van der Waals surface area (Å²) >= 11 is 1.68. The number of imidazole rings is 1. The van der Waals surface area contributed by atoms with Gasteiger partial charge < -0.3 is 4.57 Å². The predicted octanol–water partition coefficient (Wildman–Crippen LogP) is 2.97. The molecule has 0 unspecified atom stereocenters. The highest BCUT2D eigenvalue weighted by atomic mass is 32.1. The lowest BCUT2D eigenvalue weighted by Gasteiger charge is -2.08. The van der Waals surface area contributed by atoms with Crippen molar-refractivity contribution in [1.29, 1.82) is 0 Å². The maximum atomic E-state index is 13.2. The summed E-state index contributed by atoms with van der Waals surface area (Å²) in [5, 5.41) is 8.50. The molecule has 5 rings (SSSR count). The van der Waals surface area contributed by atoms with E-state index in [0.717, 1.165) is 21.9 Å². The minimum atomic E-state index is -0.355. The van der Waals surface area contributed by atoms with Gasteiger partial charge in [0.1, 0.15) is 11.1 Å². The third-order valence-corrected chi connectivity index (χ3v) is 6.60. The quantitative estimate of drug-likeness (QED) is 0.426. The third-order valence-electron chi connectivity index (χ3n) is 5.59. The Morgan fingerprint density at radius 2 is 1.94 bits per heavy atom. The summed E-state index contributed by atoms with van der Waals surface area (Å²) in [5.74, 6) is 0.640. The molecule has 0 spiro atoms. The highest BCUT2D eigenvalue weighted by Crippen LogP contribution is 2.30. The van der Waals surface area contributed by atoms with Crippen molar-refractivity contribution in [1.82, 2.24) is 28.5 Å². The van der Waals surface area contributed by atoms with Gasteiger partial charge in [0.05, 0.1) is 6.54 Å². The van der Waals surface area contributed by atoms with Crippen molar-refractivity contribution in [3.8, 4) is 11.5 Å². The largest absolute Gasteiger partial charge is 0.333 e. The summed E-state index contributed by atoms with van der Waals surface area (Å²) in [7, 11) is 3.40. The van der Waals surface area contributed by atoms with Crippen LogP contribution in [0.1, 0.15) is 18.9 Å². The van der Waals surface area contributed by atoms with E-state index in [2.05, 4.69) is 22.5 Å². The molecule has 0 radical (unpaired) electrons. The molecule has 0 aliphatic carbocycles. The Kier molecular flexibility index (Phi) is 4.62. The number of aromatic nitrogens is 6. The fourth-order valence-electron chi connectivity index (χ4n) is 4.04. The van der Waals surface area contributed by atoms with E-state index in [1.54, 1.807) is 22.1 Å². The van der Waals surface area contributed by atoms with Gasteiger partial charge in [0.2, 0.25) is 0 Å². The topological polar surface area (TPSA) is 79.6 Å². The fraction of sp³-hybridized carbons (Fsp3) is 0.273. The van der Waals surface area contributed by atoms with Crippen LogP contribution in [0, 0.1) is 0 Å². The van der Waals surface area contributed by atoms with Crippen LogP contribution in [0.5, 0.6) is 0 Å². The second kappa shape index (κ2) is 7.35. The van der Waals surface area contributed by atoms with Crippen LogP contribution in [-0.4, -0.2) is 28.5 Å². The second-order valence-corrected chi connectivity index (χ2v) is 8.53. The summed E-state index contributed by atoms with van der Waals surface area (Å²) < 4.78 is 7.63. The van der Waals surface area contributed by atoms with E-state index in [4.69, 9.17) is 5.10 Å². The Bertz CT molecular complexity index is 1550. The Hall–Kier alpha value is -3.46. The summed E-state index contributed by atoms with van der Waals surface area (Å²) in [4.78, 5) is 30.5. The van der Waals surface area contributed by atoms with E-state index in [-0.39, 0.29) is 11.2 Å². The lowest BCUT2D eigenvalue weighted by Crippen LogP contribution is -2.38. The minimum Gasteiger partial charge on any atom is -0.333 e. The molecule has 31 heavy (non-hydrogen) atoms. The summed E-state index contributed by atoms with van der Waals surface area (Å²) in [6.07, 6.45) is 4.29. The fourth-order valence-corrected chi connectivity index (χ4v) is 4.99. The van der Waals surface area contributed by atoms with Crippen molar-refractivity contribution in [2.24, 2.45) is 14.1 Å². The Morgan fingerprint density at radius 3 is 2.68 bits per heavy atom. The van der Waals surface area contributed by atoms with E-state index in [0.29, 0.717) is 35.6 Å². The first-order valence-electron chi connectivity index (χ1n) is 10.1. The Morgan fingerprint density at radius 1 is 1.13 bits per heavy atom. The molecule has 0 saturated carbocycles. The average Bonchev–Trinajstić information content (AvgIpc) is 3.47. The molecular formula is C22H22N6O2S. The van der Waals surface area contributed by atoms with Crippen molar-refractivity contribution >= 4 is 32.5 Å². The molecule has 4 heterocycles. The second-order valence-electron chi connectivity index (χ2n) is 7.62. The van der Waals surface area contributed by atoms with E-state index < -0.39 is 0 Å². The monoisotopic (exact) mass is 434 g/mol. The van der Waals surface area contributed by atoms with Crippen LogP contribution in [-0.2, 0) is 27.2 Å². The highest BCUT2D eigenvalue weighted by molar-refractivity contribution is 7.17. The van der Waals surface area contributed by atoms with Gasteiger partial charge in [0.25, 0.3) is 5.56 Å². The number of rotatable bonds is 5. The number of hydrogen-bond acceptors (Lipinski definition) is 5. The van der Waals surface area contributed by atoms with Crippen molar-refractivity contribution in [2.75, 3.05) is 0 Å². The molecule has 4 aromatic heterocycles. The average molecular weight is 435 g/mol. The number of nitrogens with zero attached hydrogens (tertiary/aromatic N) is 6. The van der Waals surface area contributed by atoms with E-state index in [1.807, 2.05) is 41.5 Å². The lowest BCUT2D eigenvalue weighted by atomic mass is 10.2. The van der Waals surface area contributed by atoms with Gasteiger partial charge in [-0.25, -0.2) is 9.78 Å². The first kappa shape index (κ1) is 19.5. The third kappa shape index (κ3) is 2.96. The zero-order chi connectivity index (χ0) is 21.7. The highest BCUT2D eigenvalue weighted by Gasteiger charge is 2.24. The van der Waals surface area contributed by atoms with Crippen molar-refractivity contribution in [3.05, 3.63) is 68.4 Å². The van der Waals surface area contributed by atoms with Crippen LogP contribution < -0.4 is 11.2 Å². The van der Waals surface area contributed by atoms with Crippen LogP contribution in [0.2, 0.25) is 0 Å². The maximum absolute atomic E-state index is 13.2. The molecule has 0 aliphatic heterocycles. The van der Waals surface area contributed by atoms with Crippen molar-refractivity contribution in [2.45, 2.75) is 26.4 Å². The minimum absolute atomic E-state index is 0.351. The smallest absolute Gasteiger partial charge is 0.332 e. The van der Waals surface area contributed by atoms with E-state index in [1.165, 1.54) is 11.7 Å². The normalized spacial score (nSPS) is 11.7. The molecule has 9 heteroatoms. The van der Waals surface area contributed by atoms with Gasteiger partial charge in [-0.2, -0.15) is 5.10 Å². The van der Waals surface area contributed by atoms with Crippen LogP contribution in [0.4, 0.5) is 0 Å². The molecular weight excluding hydrogens is 412 g/mol. The van der Waals surface area contributed by atoms with Gasteiger partial charge in [0, 0.05) is 37.7 Å². The molecule has 8 nitrogen and oxygen atoms in total. The molecule has 158 valence electrons. The van der Waals surface area contributed by atoms with Crippen molar-refractivity contribution in [3.63, 3.8) is 0 Å². The SMILES string of the molecule is CCCn1c(=O)n(C)c(=O)c2c(-c3nccn3C)n(Cc3csc4ccccc34)nc21. The number of hydrogen-bond donors (Lipinski definition) is 0. The first-order chi connectivity index (χ1) is 15.0. The molecule has 0 atom stereocenters. The van der Waals surface area contributed by atoms with Crippen LogP contribution in [0.3, 0.4) is 0 Å². The number of fused-ring (bicyclic) bond motifs is 2. The van der Waals surface area contributed by atoms with E-state index >= 15 is 0 Å². The first-order valence-corrected chi connectivity index (χ1v) is 11.0. The van der Waals surface area contributed by atoms with Gasteiger partial charge in [-0.05, 0) is 28.8 Å². The van der Waals surface area contributed by atoms with Crippen LogP contribution >= 0.6 is 11.3 Å². The van der Waals surface area contributed by atoms with Crippen LogP contribution in [0.15, 0.2) is 51.6 Å². The molecule has 0 bridgehead atoms. The Labute approximate surface area is 181 Å². The molecule has 1 aromatic carbocycles. The number of thiophene rings is 1. The van der Waals surface area contributed by atoms with Gasteiger partial charge in [-0.3, -0.25) is 18.6 Å². The summed E-state index contributed by atoms with van der Waals surface area (Å²) in [5.41, 5.74) is 1.45. The molecule has 0 fully saturated rings. The number of benzene rings is 1. The molecule has 5 aromatic rings. The molecule has 0 aliphatic rings. The molecule has 0 amide bonds. The predicted molar refractivity (Wildman–Crippen MR) is 123 cm³/mol. The lowest BCUT2D eigenvalue weighted by molar-refractivity contribution is 0.603. The zero-order valence-corrected chi connectivity index (χ0v) is 18.4. The summed E-state index contributed by atoms with van der Waals surface area (Å²) in [6, 6.07) is 8.23. The van der Waals surface area contributed by atoms with Crippen molar-refractivity contribution < 1.29 is 0 Å².